The topological polar surface area (TPSA) is 89.6 Å². The molecule has 0 aliphatic rings. The highest BCUT2D eigenvalue weighted by atomic mass is 32.2. The quantitative estimate of drug-likeness (QED) is 0.881. The Kier molecular flexibility index (Phi) is 4.61. The number of rotatable bonds is 5. The smallest absolute Gasteiger partial charge is 0.323 e. The van der Waals surface area contributed by atoms with Crippen molar-refractivity contribution in [2.45, 2.75) is 49.3 Å². The molecule has 0 saturated heterocycles. The Morgan fingerprint density at radius 1 is 1.45 bits per heavy atom. The van der Waals surface area contributed by atoms with Gasteiger partial charge in [-0.25, -0.2) is 9.89 Å². The predicted molar refractivity (Wildman–Crippen MR) is 78.8 cm³/mol. The van der Waals surface area contributed by atoms with Crippen LogP contribution >= 0.6 is 11.8 Å². The van der Waals surface area contributed by atoms with Crippen molar-refractivity contribution in [2.24, 2.45) is 5.73 Å². The van der Waals surface area contributed by atoms with Crippen LogP contribution in [-0.2, 0) is 0 Å². The van der Waals surface area contributed by atoms with E-state index in [1.807, 2.05) is 32.9 Å². The summed E-state index contributed by atoms with van der Waals surface area (Å²) in [5.41, 5.74) is 6.61. The van der Waals surface area contributed by atoms with Crippen molar-refractivity contribution in [1.29, 1.82) is 0 Å². The first-order valence-electron chi connectivity index (χ1n) is 6.59. The SMILES string of the molecule is CC[C@H](N)c1ccc(Sc2n[nH]c(=O)n2C(C)C)cn1. The Morgan fingerprint density at radius 2 is 2.20 bits per heavy atom. The average Bonchev–Trinajstić information content (AvgIpc) is 2.79. The van der Waals surface area contributed by atoms with Crippen LogP contribution in [0.4, 0.5) is 0 Å². The summed E-state index contributed by atoms with van der Waals surface area (Å²) in [4.78, 5) is 16.9. The lowest BCUT2D eigenvalue weighted by Crippen LogP contribution is -2.19. The van der Waals surface area contributed by atoms with Gasteiger partial charge in [-0.3, -0.25) is 9.55 Å². The molecule has 0 bridgehead atoms. The molecule has 0 radical (unpaired) electrons. The summed E-state index contributed by atoms with van der Waals surface area (Å²) in [6.45, 7) is 5.92. The van der Waals surface area contributed by atoms with Crippen LogP contribution in [0, 0.1) is 0 Å². The third-order valence-electron chi connectivity index (χ3n) is 2.98. The van der Waals surface area contributed by atoms with Crippen molar-refractivity contribution in [3.63, 3.8) is 0 Å². The molecule has 0 fully saturated rings. The van der Waals surface area contributed by atoms with Crippen LogP contribution in [0.25, 0.3) is 0 Å². The van der Waals surface area contributed by atoms with Gasteiger partial charge in [0.25, 0.3) is 0 Å². The van der Waals surface area contributed by atoms with Crippen LogP contribution in [0.2, 0.25) is 0 Å². The fourth-order valence-electron chi connectivity index (χ4n) is 1.80. The van der Waals surface area contributed by atoms with Crippen molar-refractivity contribution < 1.29 is 0 Å². The van der Waals surface area contributed by atoms with Crippen molar-refractivity contribution in [2.75, 3.05) is 0 Å². The minimum absolute atomic E-state index is 0.0340. The molecule has 0 saturated carbocycles. The molecule has 6 nitrogen and oxygen atoms in total. The molecule has 0 aliphatic heterocycles. The van der Waals surface area contributed by atoms with Gasteiger partial charge in [-0.2, -0.15) is 0 Å². The predicted octanol–water partition coefficient (Wildman–Crippen LogP) is 2.11. The number of pyridine rings is 1. The third kappa shape index (κ3) is 3.10. The fourth-order valence-corrected chi connectivity index (χ4v) is 2.74. The van der Waals surface area contributed by atoms with Gasteiger partial charge in [-0.05, 0) is 44.2 Å². The van der Waals surface area contributed by atoms with E-state index in [-0.39, 0.29) is 17.8 Å². The average molecular weight is 293 g/mol. The first-order valence-corrected chi connectivity index (χ1v) is 7.40. The van der Waals surface area contributed by atoms with Gasteiger partial charge in [0.05, 0.1) is 5.69 Å². The Morgan fingerprint density at radius 3 is 2.75 bits per heavy atom. The van der Waals surface area contributed by atoms with Crippen molar-refractivity contribution in [1.82, 2.24) is 19.7 Å². The van der Waals surface area contributed by atoms with E-state index in [0.29, 0.717) is 5.16 Å². The number of aromatic nitrogens is 4. The first kappa shape index (κ1) is 14.8. The second-order valence-corrected chi connectivity index (χ2v) is 5.85. The minimum Gasteiger partial charge on any atom is -0.323 e. The fraction of sp³-hybridized carbons (Fsp3) is 0.462. The highest BCUT2D eigenvalue weighted by Gasteiger charge is 2.13. The maximum Gasteiger partial charge on any atom is 0.344 e. The molecule has 2 aromatic heterocycles. The highest BCUT2D eigenvalue weighted by molar-refractivity contribution is 7.99. The van der Waals surface area contributed by atoms with E-state index in [2.05, 4.69) is 15.2 Å². The summed E-state index contributed by atoms with van der Waals surface area (Å²) in [6, 6.07) is 3.89. The summed E-state index contributed by atoms with van der Waals surface area (Å²) in [6.07, 6.45) is 2.62. The molecule has 1 atom stereocenters. The van der Waals surface area contributed by atoms with Gasteiger partial charge in [0.2, 0.25) is 0 Å². The van der Waals surface area contributed by atoms with Gasteiger partial charge in [0, 0.05) is 23.2 Å². The molecule has 20 heavy (non-hydrogen) atoms. The molecule has 108 valence electrons. The van der Waals surface area contributed by atoms with Crippen molar-refractivity contribution in [3.05, 3.63) is 34.5 Å². The lowest BCUT2D eigenvalue weighted by molar-refractivity contribution is 0.534. The van der Waals surface area contributed by atoms with Crippen LogP contribution in [0.5, 0.6) is 0 Å². The molecule has 0 aliphatic carbocycles. The van der Waals surface area contributed by atoms with E-state index in [4.69, 9.17) is 5.73 Å². The number of nitrogens with two attached hydrogens (primary N) is 1. The normalized spacial score (nSPS) is 12.8. The monoisotopic (exact) mass is 293 g/mol. The molecule has 2 aromatic rings. The zero-order valence-corrected chi connectivity index (χ0v) is 12.6. The molecule has 3 N–H and O–H groups in total. The van der Waals surface area contributed by atoms with Crippen LogP contribution in [0.3, 0.4) is 0 Å². The number of nitrogens with zero attached hydrogens (tertiary/aromatic N) is 3. The number of aromatic amines is 1. The summed E-state index contributed by atoms with van der Waals surface area (Å²) < 4.78 is 1.62. The van der Waals surface area contributed by atoms with Gasteiger partial charge in [0.15, 0.2) is 5.16 Å². The zero-order valence-electron chi connectivity index (χ0n) is 11.8. The third-order valence-corrected chi connectivity index (χ3v) is 3.92. The zero-order chi connectivity index (χ0) is 14.7. The van der Waals surface area contributed by atoms with Crippen LogP contribution in [-0.4, -0.2) is 19.7 Å². The molecule has 0 unspecified atom stereocenters. The Bertz CT molecular complexity index is 616. The summed E-state index contributed by atoms with van der Waals surface area (Å²) in [5.74, 6) is 0. The summed E-state index contributed by atoms with van der Waals surface area (Å²) in [5, 5.41) is 7.15. The van der Waals surface area contributed by atoms with E-state index < -0.39 is 0 Å². The van der Waals surface area contributed by atoms with Gasteiger partial charge in [-0.15, -0.1) is 5.10 Å². The summed E-state index contributed by atoms with van der Waals surface area (Å²) in [7, 11) is 0. The van der Waals surface area contributed by atoms with E-state index in [0.717, 1.165) is 17.0 Å². The van der Waals surface area contributed by atoms with Gasteiger partial charge >= 0.3 is 5.69 Å². The Balaban J connectivity index is 2.21. The largest absolute Gasteiger partial charge is 0.344 e. The molecule has 7 heteroatoms. The van der Waals surface area contributed by atoms with E-state index in [1.165, 1.54) is 11.8 Å². The Hall–Kier alpha value is -1.60. The van der Waals surface area contributed by atoms with Crippen molar-refractivity contribution >= 4 is 11.8 Å². The molecule has 0 aromatic carbocycles. The maximum absolute atomic E-state index is 11.7. The molecule has 2 rings (SSSR count). The lowest BCUT2D eigenvalue weighted by Gasteiger charge is -2.10. The summed E-state index contributed by atoms with van der Waals surface area (Å²) >= 11 is 1.41. The van der Waals surface area contributed by atoms with Gasteiger partial charge < -0.3 is 5.73 Å². The first-order chi connectivity index (χ1) is 9.52. The molecule has 0 amide bonds. The maximum atomic E-state index is 11.7. The minimum atomic E-state index is -0.194. The number of nitrogens with one attached hydrogen (secondary N) is 1. The number of H-pyrrole nitrogens is 1. The van der Waals surface area contributed by atoms with Gasteiger partial charge in [0.1, 0.15) is 0 Å². The molecular weight excluding hydrogens is 274 g/mol. The van der Waals surface area contributed by atoms with Crippen molar-refractivity contribution in [3.8, 4) is 0 Å². The van der Waals surface area contributed by atoms with Gasteiger partial charge in [-0.1, -0.05) is 6.92 Å². The second kappa shape index (κ2) is 6.23. The molecular formula is C13H19N5OS. The second-order valence-electron chi connectivity index (χ2n) is 4.81. The number of hydrogen-bond donors (Lipinski definition) is 2. The van der Waals surface area contributed by atoms with Crippen LogP contribution < -0.4 is 11.4 Å². The van der Waals surface area contributed by atoms with Crippen LogP contribution in [0.1, 0.15) is 45.0 Å². The standard InChI is InChI=1S/C13H19N5OS/c1-4-10(14)11-6-5-9(7-15-11)20-13-17-16-12(19)18(13)8(2)3/h5-8,10H,4,14H2,1-3H3,(H,16,19)/t10-/m0/s1. The Labute approximate surface area is 121 Å². The molecule has 2 heterocycles. The number of hydrogen-bond acceptors (Lipinski definition) is 5. The lowest BCUT2D eigenvalue weighted by atomic mass is 10.1. The highest BCUT2D eigenvalue weighted by Crippen LogP contribution is 2.26. The van der Waals surface area contributed by atoms with E-state index in [9.17, 15) is 4.79 Å². The van der Waals surface area contributed by atoms with Crippen LogP contribution in [0.15, 0.2) is 33.2 Å². The van der Waals surface area contributed by atoms with E-state index in [1.54, 1.807) is 10.8 Å². The van der Waals surface area contributed by atoms with E-state index >= 15 is 0 Å². The molecule has 0 spiro atoms.